The van der Waals surface area contributed by atoms with E-state index in [-0.39, 0.29) is 24.2 Å². The van der Waals surface area contributed by atoms with E-state index < -0.39 is 12.1 Å². The molecule has 286 valence electrons. The Bertz CT molecular complexity index is 1890. The maximum absolute atomic E-state index is 14.8. The molecule has 54 heavy (non-hydrogen) atoms. The predicted octanol–water partition coefficient (Wildman–Crippen LogP) is 8.75. The lowest BCUT2D eigenvalue weighted by Gasteiger charge is -2.40. The SMILES string of the molecule is CCOc1cccc(F)c1CN1CCN(C(=O)[C@H](NC(=O)OCc2ccccc2)C2CCN(CCc3cc(Cl)ccc3-c3cc(Cl)ccc3Cl)CC2)CC1. The number of nitrogens with zero attached hydrogens (tertiary/aromatic N) is 3. The molecule has 2 amide bonds. The molecule has 0 unspecified atom stereocenters. The van der Waals surface area contributed by atoms with E-state index in [0.29, 0.717) is 65.7 Å². The van der Waals surface area contributed by atoms with Crippen molar-refractivity contribution in [2.24, 2.45) is 5.92 Å². The van der Waals surface area contributed by atoms with Crippen molar-refractivity contribution in [2.75, 3.05) is 52.4 Å². The van der Waals surface area contributed by atoms with Crippen molar-refractivity contribution < 1.29 is 23.5 Å². The number of likely N-dealkylation sites (tertiary alicyclic amines) is 1. The first-order chi connectivity index (χ1) is 26.2. The van der Waals surface area contributed by atoms with Crippen LogP contribution < -0.4 is 10.1 Å². The van der Waals surface area contributed by atoms with Crippen molar-refractivity contribution in [3.63, 3.8) is 0 Å². The molecule has 0 aromatic heterocycles. The van der Waals surface area contributed by atoms with Crippen LogP contribution in [0, 0.1) is 11.7 Å². The molecule has 0 radical (unpaired) electrons. The van der Waals surface area contributed by atoms with Crippen LogP contribution in [-0.4, -0.2) is 85.2 Å². The quantitative estimate of drug-likeness (QED) is 0.146. The maximum atomic E-state index is 14.8. The minimum Gasteiger partial charge on any atom is -0.493 e. The fourth-order valence-corrected chi connectivity index (χ4v) is 7.91. The molecule has 2 aliphatic rings. The monoisotopic (exact) mass is 794 g/mol. The fraction of sp³-hybridized carbons (Fsp3) is 0.381. The van der Waals surface area contributed by atoms with Crippen LogP contribution in [0.3, 0.4) is 0 Å². The highest BCUT2D eigenvalue weighted by Gasteiger charge is 2.37. The molecule has 2 aliphatic heterocycles. The first-order valence-corrected chi connectivity index (χ1v) is 19.7. The van der Waals surface area contributed by atoms with Crippen LogP contribution in [0.2, 0.25) is 15.1 Å². The van der Waals surface area contributed by atoms with E-state index in [0.717, 1.165) is 61.2 Å². The van der Waals surface area contributed by atoms with Gasteiger partial charge in [-0.2, -0.15) is 0 Å². The van der Waals surface area contributed by atoms with E-state index in [1.807, 2.05) is 66.4 Å². The van der Waals surface area contributed by atoms with Crippen LogP contribution in [0.1, 0.15) is 36.5 Å². The first kappa shape index (κ1) is 39.8. The fourth-order valence-electron chi connectivity index (χ4n) is 7.33. The Balaban J connectivity index is 1.09. The molecule has 6 rings (SSSR count). The Labute approximate surface area is 332 Å². The van der Waals surface area contributed by atoms with E-state index in [4.69, 9.17) is 44.3 Å². The highest BCUT2D eigenvalue weighted by molar-refractivity contribution is 6.35. The Kier molecular flexibility index (Phi) is 14.1. The van der Waals surface area contributed by atoms with Crippen molar-refractivity contribution in [1.82, 2.24) is 20.0 Å². The standard InChI is InChI=1S/C42H46Cl3FN4O4/c1-2-53-39-10-6-9-38(46)36(39)27-49-21-23-50(24-22-49)41(51)40(47-42(52)54-28-29-7-4-3-5-8-29)30-15-18-48(19-16-30)20-17-31-25-32(43)11-13-34(31)35-26-33(44)12-14-37(35)45/h3-14,25-26,30,40H,2,15-24,27-28H2,1H3,(H,47,52)/t40-/m1/s1. The summed E-state index contributed by atoms with van der Waals surface area (Å²) < 4.78 is 26.1. The Morgan fingerprint density at radius 3 is 2.30 bits per heavy atom. The maximum Gasteiger partial charge on any atom is 0.408 e. The van der Waals surface area contributed by atoms with Crippen molar-refractivity contribution in [3.05, 3.63) is 123 Å². The van der Waals surface area contributed by atoms with Gasteiger partial charge in [-0.25, -0.2) is 9.18 Å². The van der Waals surface area contributed by atoms with Gasteiger partial charge in [-0.15, -0.1) is 0 Å². The van der Waals surface area contributed by atoms with Crippen molar-refractivity contribution in [2.45, 2.75) is 45.4 Å². The third-order valence-electron chi connectivity index (χ3n) is 10.3. The molecule has 4 aromatic carbocycles. The number of hydrogen-bond acceptors (Lipinski definition) is 6. The van der Waals surface area contributed by atoms with E-state index in [9.17, 15) is 14.0 Å². The number of nitrogens with one attached hydrogen (secondary N) is 1. The summed E-state index contributed by atoms with van der Waals surface area (Å²) in [5.41, 5.74) is 4.32. The number of piperidine rings is 1. The number of ether oxygens (including phenoxy) is 2. The van der Waals surface area contributed by atoms with Gasteiger partial charge in [0.2, 0.25) is 5.91 Å². The summed E-state index contributed by atoms with van der Waals surface area (Å²) in [6, 6.07) is 24.9. The van der Waals surface area contributed by atoms with Crippen molar-refractivity contribution in [1.29, 1.82) is 0 Å². The van der Waals surface area contributed by atoms with Gasteiger partial charge < -0.3 is 24.6 Å². The zero-order valence-electron chi connectivity index (χ0n) is 30.4. The summed E-state index contributed by atoms with van der Waals surface area (Å²) in [6.07, 6.45) is 1.59. The zero-order valence-corrected chi connectivity index (χ0v) is 32.7. The molecule has 2 heterocycles. The van der Waals surface area contributed by atoms with Gasteiger partial charge >= 0.3 is 6.09 Å². The number of rotatable bonds is 13. The van der Waals surface area contributed by atoms with Gasteiger partial charge in [-0.05, 0) is 104 Å². The van der Waals surface area contributed by atoms with Gasteiger partial charge in [0.1, 0.15) is 24.2 Å². The van der Waals surface area contributed by atoms with Crippen LogP contribution in [0.15, 0.2) is 84.9 Å². The average Bonchev–Trinajstić information content (AvgIpc) is 3.18. The molecule has 0 aliphatic carbocycles. The first-order valence-electron chi connectivity index (χ1n) is 18.5. The lowest BCUT2D eigenvalue weighted by Crippen LogP contribution is -2.58. The third kappa shape index (κ3) is 10.5. The van der Waals surface area contributed by atoms with E-state index in [1.54, 1.807) is 24.3 Å². The number of amides is 2. The van der Waals surface area contributed by atoms with Gasteiger partial charge in [0.05, 0.1) is 6.61 Å². The number of piperazine rings is 1. The number of carbonyl (C=O) groups is 2. The molecule has 12 heteroatoms. The Hall–Kier alpha value is -3.86. The number of carbonyl (C=O) groups excluding carboxylic acids is 2. The van der Waals surface area contributed by atoms with E-state index in [1.165, 1.54) is 6.07 Å². The van der Waals surface area contributed by atoms with Crippen molar-refractivity contribution in [3.8, 4) is 16.9 Å². The summed E-state index contributed by atoms with van der Waals surface area (Å²) in [5, 5.41) is 4.85. The molecule has 8 nitrogen and oxygen atoms in total. The summed E-state index contributed by atoms with van der Waals surface area (Å²) in [6.45, 7) is 7.21. The van der Waals surface area contributed by atoms with Gasteiger partial charge in [0, 0.05) is 65.5 Å². The highest BCUT2D eigenvalue weighted by atomic mass is 35.5. The average molecular weight is 796 g/mol. The molecule has 0 saturated carbocycles. The summed E-state index contributed by atoms with van der Waals surface area (Å²) in [7, 11) is 0. The van der Waals surface area contributed by atoms with Gasteiger partial charge in [0.15, 0.2) is 0 Å². The number of hydrogen-bond donors (Lipinski definition) is 1. The number of benzene rings is 4. The lowest BCUT2D eigenvalue weighted by molar-refractivity contribution is -0.137. The van der Waals surface area contributed by atoms with Crippen LogP contribution in [-0.2, 0) is 29.1 Å². The normalized spacial score (nSPS) is 16.2. The van der Waals surface area contributed by atoms with Gasteiger partial charge in [0.25, 0.3) is 0 Å². The van der Waals surface area contributed by atoms with Crippen LogP contribution >= 0.6 is 34.8 Å². The second-order valence-corrected chi connectivity index (χ2v) is 15.1. The molecule has 1 atom stereocenters. The van der Waals surface area contributed by atoms with Crippen LogP contribution in [0.5, 0.6) is 5.75 Å². The lowest BCUT2D eigenvalue weighted by atomic mass is 9.88. The summed E-state index contributed by atoms with van der Waals surface area (Å²) in [4.78, 5) is 33.7. The highest BCUT2D eigenvalue weighted by Crippen LogP contribution is 2.35. The van der Waals surface area contributed by atoms with E-state index in [2.05, 4.69) is 15.1 Å². The Morgan fingerprint density at radius 2 is 1.56 bits per heavy atom. The van der Waals surface area contributed by atoms with Crippen LogP contribution in [0.4, 0.5) is 9.18 Å². The Morgan fingerprint density at radius 1 is 0.833 bits per heavy atom. The minimum absolute atomic E-state index is 0.0739. The van der Waals surface area contributed by atoms with Crippen LogP contribution in [0.25, 0.3) is 11.1 Å². The topological polar surface area (TPSA) is 74.3 Å². The third-order valence-corrected chi connectivity index (χ3v) is 11.1. The van der Waals surface area contributed by atoms with E-state index >= 15 is 0 Å². The second kappa shape index (κ2) is 19.1. The smallest absolute Gasteiger partial charge is 0.408 e. The molecular weight excluding hydrogens is 750 g/mol. The largest absolute Gasteiger partial charge is 0.493 e. The molecular formula is C42H46Cl3FN4O4. The molecule has 2 fully saturated rings. The number of alkyl carbamates (subject to hydrolysis) is 1. The van der Waals surface area contributed by atoms with Crippen molar-refractivity contribution >= 4 is 46.8 Å². The predicted molar refractivity (Wildman–Crippen MR) is 213 cm³/mol. The number of halogens is 4. The zero-order chi connectivity index (χ0) is 38.0. The molecule has 0 bridgehead atoms. The molecule has 2 saturated heterocycles. The summed E-state index contributed by atoms with van der Waals surface area (Å²) in [5.74, 6) is 0.0459. The molecule has 1 N–H and O–H groups in total. The summed E-state index contributed by atoms with van der Waals surface area (Å²) >= 11 is 19.3. The molecule has 0 spiro atoms. The second-order valence-electron chi connectivity index (χ2n) is 13.8. The van der Waals surface area contributed by atoms with Gasteiger partial charge in [-0.1, -0.05) is 77.3 Å². The minimum atomic E-state index is -0.734. The van der Waals surface area contributed by atoms with Gasteiger partial charge in [-0.3, -0.25) is 9.69 Å². The molecule has 4 aromatic rings.